The van der Waals surface area contributed by atoms with Gasteiger partial charge in [0.25, 0.3) is 0 Å². The van der Waals surface area contributed by atoms with Crippen LogP contribution in [0, 0.1) is 17.5 Å². The van der Waals surface area contributed by atoms with E-state index in [1.54, 1.807) is 0 Å². The molecule has 1 rings (SSSR count). The summed E-state index contributed by atoms with van der Waals surface area (Å²) in [5.74, 6) is -2.96. The number of halogens is 3. The van der Waals surface area contributed by atoms with Gasteiger partial charge in [-0.2, -0.15) is 0 Å². The lowest BCUT2D eigenvalue weighted by atomic mass is 10.3. The predicted molar refractivity (Wildman–Crippen MR) is 37.6 cm³/mol. The number of benzene rings is 1. The largest absolute Gasteiger partial charge is 0.207 e. The summed E-state index contributed by atoms with van der Waals surface area (Å²) in [6, 6.07) is 2.10. The smallest absolute Gasteiger partial charge is 0.161 e. The zero-order valence-corrected chi connectivity index (χ0v) is 5.78. The van der Waals surface area contributed by atoms with Crippen LogP contribution in [0.5, 0.6) is 0 Å². The molecule has 0 atom stereocenters. The maximum absolute atomic E-state index is 12.0. The Morgan fingerprint density at radius 1 is 0.909 bits per heavy atom. The van der Waals surface area contributed by atoms with Gasteiger partial charge in [-0.3, -0.25) is 0 Å². The average Bonchev–Trinajstić information content (AvgIpc) is 2.02. The van der Waals surface area contributed by atoms with Crippen molar-refractivity contribution in [2.75, 3.05) is 0 Å². The van der Waals surface area contributed by atoms with Crippen LogP contribution in [-0.2, 0) is 0 Å². The minimum Gasteiger partial charge on any atom is -0.207 e. The molecule has 0 aliphatic rings. The van der Waals surface area contributed by atoms with Gasteiger partial charge in [-0.15, -0.1) is 13.2 Å². The highest BCUT2D eigenvalue weighted by Gasteiger charge is 1.99. The Hall–Kier alpha value is -1.25. The van der Waals surface area contributed by atoms with Gasteiger partial charge in [-0.1, -0.05) is 0 Å². The summed E-state index contributed by atoms with van der Waals surface area (Å²) in [6.45, 7) is 6.00. The van der Waals surface area contributed by atoms with Gasteiger partial charge in [0.2, 0.25) is 0 Å². The predicted octanol–water partition coefficient (Wildman–Crippen LogP) is 2.91. The Morgan fingerprint density at radius 2 is 1.45 bits per heavy atom. The first-order valence-electron chi connectivity index (χ1n) is 2.80. The summed E-state index contributed by atoms with van der Waals surface area (Å²) in [6.07, 6.45) is 0. The van der Waals surface area contributed by atoms with Crippen molar-refractivity contribution < 1.29 is 13.2 Å². The molecule has 0 aliphatic heterocycles. The van der Waals surface area contributed by atoms with Crippen molar-refractivity contribution in [3.05, 3.63) is 48.8 Å². The van der Waals surface area contributed by atoms with Crippen LogP contribution in [0.2, 0.25) is 0 Å². The maximum atomic E-state index is 12.0. The summed E-state index contributed by atoms with van der Waals surface area (Å²) in [5, 5.41) is 0. The van der Waals surface area contributed by atoms with Crippen molar-refractivity contribution in [3.8, 4) is 0 Å². The van der Waals surface area contributed by atoms with Crippen LogP contribution in [0.3, 0.4) is 0 Å². The first-order valence-corrected chi connectivity index (χ1v) is 2.80. The van der Waals surface area contributed by atoms with E-state index in [9.17, 15) is 13.2 Å². The van der Waals surface area contributed by atoms with Crippen molar-refractivity contribution in [1.82, 2.24) is 0 Å². The summed E-state index contributed by atoms with van der Waals surface area (Å²) in [7, 11) is 0. The van der Waals surface area contributed by atoms with E-state index >= 15 is 0 Å². The number of hydrogen-bond acceptors (Lipinski definition) is 0. The third-order valence-corrected chi connectivity index (χ3v) is 0.882. The highest BCUT2D eigenvalue weighted by Crippen LogP contribution is 2.05. The number of hydrogen-bond donors (Lipinski definition) is 0. The zero-order chi connectivity index (χ0) is 8.85. The minimum atomic E-state index is -1.16. The van der Waals surface area contributed by atoms with Crippen LogP contribution in [0.4, 0.5) is 13.2 Å². The van der Waals surface area contributed by atoms with Crippen LogP contribution in [0.15, 0.2) is 31.4 Å². The van der Waals surface area contributed by atoms with Crippen molar-refractivity contribution in [2.24, 2.45) is 0 Å². The lowest BCUT2D eigenvalue weighted by molar-refractivity contribution is 0.495. The van der Waals surface area contributed by atoms with E-state index in [0.29, 0.717) is 6.07 Å². The van der Waals surface area contributed by atoms with Gasteiger partial charge in [-0.25, -0.2) is 13.2 Å². The fraction of sp³-hybridized carbons (Fsp3) is 0. The van der Waals surface area contributed by atoms with Crippen molar-refractivity contribution in [2.45, 2.75) is 0 Å². The first-order chi connectivity index (χ1) is 5.20. The molecule has 1 aromatic carbocycles. The fourth-order valence-corrected chi connectivity index (χ4v) is 0.470. The normalized spacial score (nSPS) is 8.27. The Balaban J connectivity index is 0.000000461. The lowest BCUT2D eigenvalue weighted by Crippen LogP contribution is -1.83. The minimum absolute atomic E-state index is 0.495. The van der Waals surface area contributed by atoms with E-state index in [0.717, 1.165) is 12.1 Å². The molecule has 0 unspecified atom stereocenters. The van der Waals surface area contributed by atoms with Crippen LogP contribution >= 0.6 is 0 Å². The molecular formula is C8H7F3. The van der Waals surface area contributed by atoms with Gasteiger partial charge in [0.1, 0.15) is 5.82 Å². The monoisotopic (exact) mass is 160 g/mol. The third-order valence-electron chi connectivity index (χ3n) is 0.882. The van der Waals surface area contributed by atoms with Gasteiger partial charge in [0.15, 0.2) is 11.6 Å². The third kappa shape index (κ3) is 2.89. The molecule has 0 amide bonds. The summed E-state index contributed by atoms with van der Waals surface area (Å²) in [4.78, 5) is 0. The first kappa shape index (κ1) is 9.75. The summed E-state index contributed by atoms with van der Waals surface area (Å²) >= 11 is 0. The molecule has 0 N–H and O–H groups in total. The summed E-state index contributed by atoms with van der Waals surface area (Å²) < 4.78 is 35.9. The quantitative estimate of drug-likeness (QED) is 0.404. The SMILES string of the molecule is C=C.Fc1ccc(F)c(F)c1. The molecule has 0 fully saturated rings. The van der Waals surface area contributed by atoms with Crippen molar-refractivity contribution in [3.63, 3.8) is 0 Å². The van der Waals surface area contributed by atoms with Gasteiger partial charge in [0, 0.05) is 6.07 Å². The molecule has 3 heteroatoms. The Morgan fingerprint density at radius 3 is 1.82 bits per heavy atom. The molecule has 0 saturated carbocycles. The highest BCUT2D eigenvalue weighted by molar-refractivity contribution is 5.07. The Bertz CT molecular complexity index is 233. The molecule has 11 heavy (non-hydrogen) atoms. The molecular weight excluding hydrogens is 153 g/mol. The lowest BCUT2D eigenvalue weighted by Gasteiger charge is -1.88. The molecule has 0 spiro atoms. The average molecular weight is 160 g/mol. The second-order valence-corrected chi connectivity index (χ2v) is 1.56. The Labute approximate surface area is 63.0 Å². The molecule has 0 bridgehead atoms. The van der Waals surface area contributed by atoms with Crippen LogP contribution < -0.4 is 0 Å². The van der Waals surface area contributed by atoms with Crippen LogP contribution in [-0.4, -0.2) is 0 Å². The molecule has 0 aromatic heterocycles. The molecule has 60 valence electrons. The number of rotatable bonds is 0. The van der Waals surface area contributed by atoms with E-state index < -0.39 is 17.5 Å². The maximum Gasteiger partial charge on any atom is 0.161 e. The molecule has 0 heterocycles. The van der Waals surface area contributed by atoms with Crippen LogP contribution in [0.25, 0.3) is 0 Å². The van der Waals surface area contributed by atoms with E-state index in [1.807, 2.05) is 0 Å². The molecule has 0 saturated heterocycles. The fourth-order valence-electron chi connectivity index (χ4n) is 0.470. The second kappa shape index (κ2) is 4.55. The van der Waals surface area contributed by atoms with Gasteiger partial charge in [0.05, 0.1) is 0 Å². The van der Waals surface area contributed by atoms with E-state index in [1.165, 1.54) is 0 Å². The van der Waals surface area contributed by atoms with E-state index in [-0.39, 0.29) is 0 Å². The topological polar surface area (TPSA) is 0 Å². The molecule has 0 aliphatic carbocycles. The van der Waals surface area contributed by atoms with E-state index in [2.05, 4.69) is 13.2 Å². The summed E-state index contributed by atoms with van der Waals surface area (Å²) in [5.41, 5.74) is 0. The highest BCUT2D eigenvalue weighted by atomic mass is 19.2. The van der Waals surface area contributed by atoms with E-state index in [4.69, 9.17) is 0 Å². The standard InChI is InChI=1S/C6H3F3.C2H4/c7-4-1-2-5(8)6(9)3-4;1-2/h1-3H;1-2H2. The van der Waals surface area contributed by atoms with Crippen molar-refractivity contribution >= 4 is 0 Å². The van der Waals surface area contributed by atoms with Crippen molar-refractivity contribution in [1.29, 1.82) is 0 Å². The molecule has 1 aromatic rings. The zero-order valence-electron chi connectivity index (χ0n) is 5.78. The second-order valence-electron chi connectivity index (χ2n) is 1.56. The van der Waals surface area contributed by atoms with Gasteiger partial charge >= 0.3 is 0 Å². The van der Waals surface area contributed by atoms with Gasteiger partial charge in [-0.05, 0) is 12.1 Å². The van der Waals surface area contributed by atoms with Crippen LogP contribution in [0.1, 0.15) is 0 Å². The van der Waals surface area contributed by atoms with Gasteiger partial charge < -0.3 is 0 Å². The molecule has 0 nitrogen and oxygen atoms in total. The Kier molecular flexibility index (Phi) is 4.03. The molecule has 0 radical (unpaired) electrons.